The molecule has 0 saturated carbocycles. The number of methoxy groups -OCH3 is 1. The van der Waals surface area contributed by atoms with Gasteiger partial charge in [-0.25, -0.2) is 4.98 Å². The normalized spacial score (nSPS) is 10.8. The first kappa shape index (κ1) is 16.9. The predicted octanol–water partition coefficient (Wildman–Crippen LogP) is 2.42. The van der Waals surface area contributed by atoms with Gasteiger partial charge in [-0.15, -0.1) is 0 Å². The van der Waals surface area contributed by atoms with E-state index in [2.05, 4.69) is 31.1 Å². The monoisotopic (exact) mass is 339 g/mol. The van der Waals surface area contributed by atoms with Crippen molar-refractivity contribution in [3.05, 3.63) is 66.0 Å². The van der Waals surface area contributed by atoms with Crippen molar-refractivity contribution in [2.24, 2.45) is 0 Å². The third kappa shape index (κ3) is 5.02. The van der Waals surface area contributed by atoms with Gasteiger partial charge in [0.25, 0.3) is 0 Å². The molecule has 0 atom stereocenters. The van der Waals surface area contributed by atoms with Crippen LogP contribution in [0.3, 0.4) is 0 Å². The minimum Gasteiger partial charge on any atom is -0.497 e. The van der Waals surface area contributed by atoms with E-state index < -0.39 is 0 Å². The highest BCUT2D eigenvalue weighted by Crippen LogP contribution is 2.17. The third-order valence-electron chi connectivity index (χ3n) is 3.60. The van der Waals surface area contributed by atoms with E-state index in [0.29, 0.717) is 19.0 Å². The topological polar surface area (TPSA) is 76.2 Å². The molecular weight excluding hydrogens is 318 g/mol. The van der Waals surface area contributed by atoms with Gasteiger partial charge >= 0.3 is 0 Å². The van der Waals surface area contributed by atoms with Crippen molar-refractivity contribution in [3.8, 4) is 11.5 Å². The van der Waals surface area contributed by atoms with E-state index >= 15 is 0 Å². The molecule has 2 aromatic heterocycles. The number of H-pyrrole nitrogens is 1. The molecule has 0 saturated heterocycles. The van der Waals surface area contributed by atoms with Crippen LogP contribution >= 0.6 is 0 Å². The number of nitrogens with zero attached hydrogens (tertiary/aromatic N) is 4. The van der Waals surface area contributed by atoms with Crippen molar-refractivity contribution >= 4 is 0 Å². The summed E-state index contributed by atoms with van der Waals surface area (Å²) < 4.78 is 10.8. The molecule has 0 amide bonds. The van der Waals surface area contributed by atoms with Crippen LogP contribution < -0.4 is 9.47 Å². The first-order chi connectivity index (χ1) is 12.2. The van der Waals surface area contributed by atoms with E-state index in [1.54, 1.807) is 13.3 Å². The number of hydrogen-bond acceptors (Lipinski definition) is 6. The average Bonchev–Trinajstić information content (AvgIpc) is 3.08. The minimum absolute atomic E-state index is 0.339. The Morgan fingerprint density at radius 2 is 1.88 bits per heavy atom. The Morgan fingerprint density at radius 1 is 1.08 bits per heavy atom. The molecule has 130 valence electrons. The number of benzene rings is 1. The summed E-state index contributed by atoms with van der Waals surface area (Å²) in [5.41, 5.74) is 1.16. The van der Waals surface area contributed by atoms with Gasteiger partial charge in [-0.3, -0.25) is 15.0 Å². The molecule has 1 N–H and O–H groups in total. The molecule has 0 radical (unpaired) electrons. The molecule has 2 heterocycles. The molecule has 0 spiro atoms. The fourth-order valence-electron chi connectivity index (χ4n) is 2.39. The fraction of sp³-hybridized carbons (Fsp3) is 0.278. The van der Waals surface area contributed by atoms with Gasteiger partial charge in [0, 0.05) is 18.9 Å². The average molecular weight is 339 g/mol. The van der Waals surface area contributed by atoms with Crippen LogP contribution in [0.15, 0.2) is 48.8 Å². The van der Waals surface area contributed by atoms with Crippen LogP contribution in [0.25, 0.3) is 0 Å². The van der Waals surface area contributed by atoms with Crippen molar-refractivity contribution in [1.29, 1.82) is 0 Å². The summed E-state index contributed by atoms with van der Waals surface area (Å²) in [6.07, 6.45) is 3.64. The van der Waals surface area contributed by atoms with Crippen LogP contribution in [0.2, 0.25) is 0 Å². The maximum Gasteiger partial charge on any atom is 0.164 e. The lowest BCUT2D eigenvalue weighted by Gasteiger charge is -2.13. The Hall–Kier alpha value is -2.93. The SMILES string of the molecule is COc1ccc(OCc2nc(CN(C)Cc3cccnc3)n[nH]2)cc1. The Kier molecular flexibility index (Phi) is 5.58. The molecule has 3 aromatic rings. The molecule has 0 unspecified atom stereocenters. The molecule has 1 aromatic carbocycles. The molecular formula is C18H21N5O2. The standard InChI is InChI=1S/C18H21N5O2/c1-23(11-14-4-3-9-19-10-14)12-17-20-18(22-21-17)13-25-16-7-5-15(24-2)6-8-16/h3-10H,11-13H2,1-2H3,(H,20,21,22). The second kappa shape index (κ2) is 8.25. The number of hydrogen-bond donors (Lipinski definition) is 1. The molecule has 0 aliphatic carbocycles. The zero-order chi connectivity index (χ0) is 17.5. The number of rotatable bonds is 8. The molecule has 0 aliphatic rings. The van der Waals surface area contributed by atoms with Crippen LogP contribution in [0.1, 0.15) is 17.2 Å². The highest BCUT2D eigenvalue weighted by Gasteiger charge is 2.08. The smallest absolute Gasteiger partial charge is 0.164 e. The molecule has 0 fully saturated rings. The van der Waals surface area contributed by atoms with Crippen molar-refractivity contribution in [1.82, 2.24) is 25.1 Å². The van der Waals surface area contributed by atoms with Crippen LogP contribution in [-0.2, 0) is 19.7 Å². The molecule has 25 heavy (non-hydrogen) atoms. The van der Waals surface area contributed by atoms with Crippen LogP contribution in [0.5, 0.6) is 11.5 Å². The number of aromatic nitrogens is 4. The second-order valence-corrected chi connectivity index (χ2v) is 5.70. The molecule has 7 nitrogen and oxygen atoms in total. The number of nitrogens with one attached hydrogen (secondary N) is 1. The summed E-state index contributed by atoms with van der Waals surface area (Å²) in [6, 6.07) is 11.4. The molecule has 0 aliphatic heterocycles. The number of aromatic amines is 1. The first-order valence-electron chi connectivity index (χ1n) is 7.97. The predicted molar refractivity (Wildman–Crippen MR) is 93.1 cm³/mol. The van der Waals surface area contributed by atoms with Crippen molar-refractivity contribution in [2.75, 3.05) is 14.2 Å². The quantitative estimate of drug-likeness (QED) is 0.679. The number of pyridine rings is 1. The van der Waals surface area contributed by atoms with Gasteiger partial charge in [0.1, 0.15) is 18.1 Å². The summed E-state index contributed by atoms with van der Waals surface area (Å²) >= 11 is 0. The lowest BCUT2D eigenvalue weighted by atomic mass is 10.3. The minimum atomic E-state index is 0.339. The summed E-state index contributed by atoms with van der Waals surface area (Å²) in [7, 11) is 3.66. The zero-order valence-electron chi connectivity index (χ0n) is 14.3. The Bertz CT molecular complexity index is 774. The van der Waals surface area contributed by atoms with Gasteiger partial charge < -0.3 is 9.47 Å². The van der Waals surface area contributed by atoms with E-state index in [1.165, 1.54) is 0 Å². The van der Waals surface area contributed by atoms with Gasteiger partial charge in [-0.1, -0.05) is 6.07 Å². The highest BCUT2D eigenvalue weighted by molar-refractivity contribution is 5.31. The molecule has 7 heteroatoms. The van der Waals surface area contributed by atoms with E-state index in [4.69, 9.17) is 9.47 Å². The van der Waals surface area contributed by atoms with Gasteiger partial charge in [0.2, 0.25) is 0 Å². The fourth-order valence-corrected chi connectivity index (χ4v) is 2.39. The maximum absolute atomic E-state index is 5.69. The van der Waals surface area contributed by atoms with Crippen LogP contribution in [0.4, 0.5) is 0 Å². The molecule has 0 bridgehead atoms. The van der Waals surface area contributed by atoms with Crippen molar-refractivity contribution in [2.45, 2.75) is 19.7 Å². The van der Waals surface area contributed by atoms with Crippen molar-refractivity contribution < 1.29 is 9.47 Å². The zero-order valence-corrected chi connectivity index (χ0v) is 14.3. The maximum atomic E-state index is 5.69. The van der Waals surface area contributed by atoms with E-state index in [1.807, 2.05) is 43.6 Å². The van der Waals surface area contributed by atoms with Gasteiger partial charge in [-0.05, 0) is 42.9 Å². The Morgan fingerprint density at radius 3 is 2.60 bits per heavy atom. The highest BCUT2D eigenvalue weighted by atomic mass is 16.5. The summed E-state index contributed by atoms with van der Waals surface area (Å²) in [6.45, 7) is 1.78. The second-order valence-electron chi connectivity index (χ2n) is 5.70. The van der Waals surface area contributed by atoms with Gasteiger partial charge in [-0.2, -0.15) is 5.10 Å². The lowest BCUT2D eigenvalue weighted by Crippen LogP contribution is -2.18. The Labute approximate surface area is 146 Å². The largest absolute Gasteiger partial charge is 0.497 e. The van der Waals surface area contributed by atoms with E-state index in [-0.39, 0.29) is 0 Å². The lowest BCUT2D eigenvalue weighted by molar-refractivity contribution is 0.294. The van der Waals surface area contributed by atoms with Gasteiger partial charge in [0.05, 0.1) is 13.7 Å². The Balaban J connectivity index is 1.49. The number of ether oxygens (including phenoxy) is 2. The van der Waals surface area contributed by atoms with Crippen LogP contribution in [-0.4, -0.2) is 39.2 Å². The van der Waals surface area contributed by atoms with E-state index in [9.17, 15) is 0 Å². The third-order valence-corrected chi connectivity index (χ3v) is 3.60. The summed E-state index contributed by atoms with van der Waals surface area (Å²) in [4.78, 5) is 10.7. The summed E-state index contributed by atoms with van der Waals surface area (Å²) in [5, 5.41) is 7.16. The first-order valence-corrected chi connectivity index (χ1v) is 7.97. The molecule has 3 rings (SSSR count). The summed E-state index contributed by atoms with van der Waals surface area (Å²) in [5.74, 6) is 2.98. The van der Waals surface area contributed by atoms with Gasteiger partial charge in [0.15, 0.2) is 11.6 Å². The van der Waals surface area contributed by atoms with E-state index in [0.717, 1.165) is 29.4 Å². The van der Waals surface area contributed by atoms with Crippen LogP contribution in [0, 0.1) is 0 Å². The van der Waals surface area contributed by atoms with Crippen molar-refractivity contribution in [3.63, 3.8) is 0 Å².